The van der Waals surface area contributed by atoms with Crippen LogP contribution in [0.1, 0.15) is 23.4 Å². The third-order valence-corrected chi connectivity index (χ3v) is 6.83. The second kappa shape index (κ2) is 10.0. The van der Waals surface area contributed by atoms with Crippen molar-refractivity contribution in [3.05, 3.63) is 71.3 Å². The predicted octanol–water partition coefficient (Wildman–Crippen LogP) is 3.35. The molecule has 1 fully saturated rings. The van der Waals surface area contributed by atoms with Gasteiger partial charge in [0.25, 0.3) is 0 Å². The van der Waals surface area contributed by atoms with E-state index in [2.05, 4.69) is 5.32 Å². The number of anilines is 1. The molecule has 1 saturated heterocycles. The highest BCUT2D eigenvalue weighted by atomic mass is 19.1. The van der Waals surface area contributed by atoms with Crippen LogP contribution in [-0.4, -0.2) is 68.9 Å². The summed E-state index contributed by atoms with van der Waals surface area (Å²) < 4.78 is 14.9. The first-order valence-electron chi connectivity index (χ1n) is 12.2. The molecule has 1 aliphatic heterocycles. The number of rotatable bonds is 6. The molecule has 1 N–H and O–H groups in total. The second-order valence-corrected chi connectivity index (χ2v) is 9.23. The molecular formula is C27H29FN6O2. The normalized spacial score (nSPS) is 14.5. The molecule has 9 heteroatoms. The van der Waals surface area contributed by atoms with Crippen LogP contribution in [0.25, 0.3) is 16.6 Å². The van der Waals surface area contributed by atoms with Gasteiger partial charge in [0.05, 0.1) is 12.1 Å². The van der Waals surface area contributed by atoms with Crippen LogP contribution >= 0.6 is 0 Å². The molecule has 0 saturated carbocycles. The topological polar surface area (TPSA) is 82.8 Å². The first-order valence-corrected chi connectivity index (χ1v) is 12.2. The smallest absolute Gasteiger partial charge is 0.238 e. The molecule has 3 heterocycles. The Balaban J connectivity index is 1.15. The zero-order valence-electron chi connectivity index (χ0n) is 20.5. The summed E-state index contributed by atoms with van der Waals surface area (Å²) in [7, 11) is 0. The molecule has 4 aromatic rings. The lowest BCUT2D eigenvalue weighted by molar-refractivity contribution is -0.133. The number of aromatic nitrogens is 3. The molecule has 0 bridgehead atoms. The summed E-state index contributed by atoms with van der Waals surface area (Å²) in [6, 6.07) is 13.7. The van der Waals surface area contributed by atoms with E-state index in [1.54, 1.807) is 0 Å². The molecule has 1 aliphatic rings. The monoisotopic (exact) mass is 488 g/mol. The highest BCUT2D eigenvalue weighted by Gasteiger charge is 2.23. The Morgan fingerprint density at radius 2 is 1.72 bits per heavy atom. The SMILES string of the molecule is Cc1nc2c3ccccc3nn2c(C)c1CCC(=O)N1CCN(CC(=O)Nc2ccc(F)cc2)CC1. The van der Waals surface area contributed by atoms with Crippen molar-refractivity contribution in [1.82, 2.24) is 24.4 Å². The lowest BCUT2D eigenvalue weighted by Crippen LogP contribution is -2.50. The van der Waals surface area contributed by atoms with Crippen LogP contribution in [0.4, 0.5) is 10.1 Å². The number of fused-ring (bicyclic) bond motifs is 3. The van der Waals surface area contributed by atoms with E-state index in [4.69, 9.17) is 10.1 Å². The van der Waals surface area contributed by atoms with Gasteiger partial charge >= 0.3 is 0 Å². The number of hydrogen-bond acceptors (Lipinski definition) is 5. The van der Waals surface area contributed by atoms with Crippen molar-refractivity contribution < 1.29 is 14.0 Å². The Morgan fingerprint density at radius 1 is 1.00 bits per heavy atom. The lowest BCUT2D eigenvalue weighted by atomic mass is 10.1. The molecular weight excluding hydrogens is 459 g/mol. The van der Waals surface area contributed by atoms with Gasteiger partial charge < -0.3 is 10.2 Å². The number of halogens is 1. The quantitative estimate of drug-likeness (QED) is 0.450. The minimum Gasteiger partial charge on any atom is -0.340 e. The van der Waals surface area contributed by atoms with E-state index in [1.807, 2.05) is 52.4 Å². The Morgan fingerprint density at radius 3 is 2.47 bits per heavy atom. The fourth-order valence-electron chi connectivity index (χ4n) is 4.82. The third-order valence-electron chi connectivity index (χ3n) is 6.83. The molecule has 2 amide bonds. The Hall–Kier alpha value is -3.85. The fraction of sp³-hybridized carbons (Fsp3) is 0.333. The Labute approximate surface area is 208 Å². The maximum absolute atomic E-state index is 13.0. The minimum absolute atomic E-state index is 0.106. The molecule has 36 heavy (non-hydrogen) atoms. The molecule has 8 nitrogen and oxygen atoms in total. The summed E-state index contributed by atoms with van der Waals surface area (Å²) in [5.41, 5.74) is 5.31. The van der Waals surface area contributed by atoms with Crippen LogP contribution in [-0.2, 0) is 16.0 Å². The van der Waals surface area contributed by atoms with Crippen molar-refractivity contribution in [2.24, 2.45) is 0 Å². The minimum atomic E-state index is -0.342. The number of carbonyl (C=O) groups is 2. The van der Waals surface area contributed by atoms with Crippen molar-refractivity contribution in [3.8, 4) is 0 Å². The molecule has 5 rings (SSSR count). The van der Waals surface area contributed by atoms with E-state index in [-0.39, 0.29) is 24.2 Å². The fourth-order valence-corrected chi connectivity index (χ4v) is 4.82. The van der Waals surface area contributed by atoms with Crippen LogP contribution in [0.3, 0.4) is 0 Å². The average Bonchev–Trinajstić information content (AvgIpc) is 3.24. The first kappa shape index (κ1) is 23.9. The standard InChI is InChI=1S/C27H29FN6O2/c1-18-22(19(2)34-27(29-18)23-5-3-4-6-24(23)31-34)11-12-26(36)33-15-13-32(14-16-33)17-25(35)30-21-9-7-20(28)8-10-21/h3-10H,11-17H2,1-2H3,(H,30,35). The Bertz CT molecular complexity index is 1420. The summed E-state index contributed by atoms with van der Waals surface area (Å²) in [4.78, 5) is 34.0. The van der Waals surface area contributed by atoms with Gasteiger partial charge in [0.2, 0.25) is 11.8 Å². The highest BCUT2D eigenvalue weighted by Crippen LogP contribution is 2.23. The molecule has 2 aromatic heterocycles. The van der Waals surface area contributed by atoms with Gasteiger partial charge in [0, 0.05) is 55.1 Å². The van der Waals surface area contributed by atoms with Crippen molar-refractivity contribution >= 4 is 34.1 Å². The van der Waals surface area contributed by atoms with Crippen LogP contribution in [0.15, 0.2) is 48.5 Å². The number of hydrogen-bond donors (Lipinski definition) is 1. The molecule has 0 radical (unpaired) electrons. The van der Waals surface area contributed by atoms with Crippen molar-refractivity contribution in [3.63, 3.8) is 0 Å². The molecule has 0 atom stereocenters. The van der Waals surface area contributed by atoms with E-state index >= 15 is 0 Å². The van der Waals surface area contributed by atoms with Crippen LogP contribution in [0, 0.1) is 19.7 Å². The maximum atomic E-state index is 13.0. The van der Waals surface area contributed by atoms with Crippen LogP contribution in [0.2, 0.25) is 0 Å². The third kappa shape index (κ3) is 4.92. The second-order valence-electron chi connectivity index (χ2n) is 9.23. The molecule has 2 aromatic carbocycles. The number of amides is 2. The van der Waals surface area contributed by atoms with E-state index < -0.39 is 0 Å². The first-order chi connectivity index (χ1) is 17.4. The average molecular weight is 489 g/mol. The van der Waals surface area contributed by atoms with Gasteiger partial charge in [-0.15, -0.1) is 0 Å². The van der Waals surface area contributed by atoms with E-state index in [1.165, 1.54) is 24.3 Å². The summed E-state index contributed by atoms with van der Waals surface area (Å²) in [6.45, 7) is 6.70. The van der Waals surface area contributed by atoms with Gasteiger partial charge in [0.15, 0.2) is 5.65 Å². The highest BCUT2D eigenvalue weighted by molar-refractivity contribution is 5.92. The maximum Gasteiger partial charge on any atom is 0.238 e. The zero-order valence-corrected chi connectivity index (χ0v) is 20.5. The Kier molecular flexibility index (Phi) is 6.65. The van der Waals surface area contributed by atoms with Gasteiger partial charge in [0.1, 0.15) is 5.82 Å². The van der Waals surface area contributed by atoms with Crippen molar-refractivity contribution in [2.45, 2.75) is 26.7 Å². The van der Waals surface area contributed by atoms with E-state index in [0.717, 1.165) is 33.5 Å². The van der Waals surface area contributed by atoms with E-state index in [9.17, 15) is 14.0 Å². The van der Waals surface area contributed by atoms with Gasteiger partial charge in [-0.3, -0.25) is 14.5 Å². The molecule has 0 unspecified atom stereocenters. The number of aryl methyl sites for hydroxylation is 2. The molecule has 186 valence electrons. The van der Waals surface area contributed by atoms with E-state index in [0.29, 0.717) is 44.7 Å². The zero-order chi connectivity index (χ0) is 25.2. The number of carbonyl (C=O) groups excluding carboxylic acids is 2. The van der Waals surface area contributed by atoms with Crippen molar-refractivity contribution in [1.29, 1.82) is 0 Å². The predicted molar refractivity (Wildman–Crippen MR) is 136 cm³/mol. The summed E-state index contributed by atoms with van der Waals surface area (Å²) in [6.07, 6.45) is 1.01. The van der Waals surface area contributed by atoms with Gasteiger partial charge in [-0.05, 0) is 62.2 Å². The summed E-state index contributed by atoms with van der Waals surface area (Å²) >= 11 is 0. The number of nitrogens with zero attached hydrogens (tertiary/aromatic N) is 5. The summed E-state index contributed by atoms with van der Waals surface area (Å²) in [5, 5.41) is 8.50. The number of piperazine rings is 1. The summed E-state index contributed by atoms with van der Waals surface area (Å²) in [5.74, 6) is -0.387. The largest absolute Gasteiger partial charge is 0.340 e. The van der Waals surface area contributed by atoms with Gasteiger partial charge in [-0.1, -0.05) is 12.1 Å². The number of benzene rings is 2. The molecule has 0 aliphatic carbocycles. The number of nitrogens with one attached hydrogen (secondary N) is 1. The lowest BCUT2D eigenvalue weighted by Gasteiger charge is -2.34. The van der Waals surface area contributed by atoms with Gasteiger partial charge in [-0.2, -0.15) is 5.10 Å². The van der Waals surface area contributed by atoms with Crippen LogP contribution in [0.5, 0.6) is 0 Å². The molecule has 0 spiro atoms. The van der Waals surface area contributed by atoms with Gasteiger partial charge in [-0.25, -0.2) is 13.9 Å². The van der Waals surface area contributed by atoms with Crippen LogP contribution < -0.4 is 5.32 Å². The van der Waals surface area contributed by atoms with Crippen molar-refractivity contribution in [2.75, 3.05) is 38.0 Å².